The van der Waals surface area contributed by atoms with Crippen molar-refractivity contribution < 1.29 is 4.79 Å². The van der Waals surface area contributed by atoms with E-state index in [4.69, 9.17) is 5.73 Å². The molecule has 0 spiro atoms. The van der Waals surface area contributed by atoms with Crippen LogP contribution in [0.4, 0.5) is 0 Å². The summed E-state index contributed by atoms with van der Waals surface area (Å²) in [5.41, 5.74) is 6.05. The first-order valence-electron chi connectivity index (χ1n) is 6.10. The Bertz CT molecular complexity index is 449. The van der Waals surface area contributed by atoms with Crippen molar-refractivity contribution in [2.75, 3.05) is 13.1 Å². The van der Waals surface area contributed by atoms with Crippen LogP contribution in [0.25, 0.3) is 0 Å². The maximum Gasteiger partial charge on any atom is 0.244 e. The van der Waals surface area contributed by atoms with Gasteiger partial charge in [-0.3, -0.25) is 9.48 Å². The Morgan fingerprint density at radius 3 is 2.84 bits per heavy atom. The second-order valence-electron chi connectivity index (χ2n) is 5.56. The fraction of sp³-hybridized carbons (Fsp3) is 0.667. The molecule has 1 unspecified atom stereocenters. The summed E-state index contributed by atoms with van der Waals surface area (Å²) in [5, 5.41) is 4.10. The molecule has 0 saturated carbocycles. The number of piperidine rings is 1. The molecule has 0 aliphatic carbocycles. The molecule has 19 heavy (non-hydrogen) atoms. The average Bonchev–Trinajstić information content (AvgIpc) is 2.68. The van der Waals surface area contributed by atoms with Crippen LogP contribution >= 0.6 is 28.3 Å². The van der Waals surface area contributed by atoms with Crippen molar-refractivity contribution in [3.8, 4) is 0 Å². The van der Waals surface area contributed by atoms with Crippen LogP contribution < -0.4 is 5.73 Å². The first-order valence-corrected chi connectivity index (χ1v) is 6.89. The minimum Gasteiger partial charge on any atom is -0.340 e. The number of likely N-dealkylation sites (tertiary alicyclic amines) is 1. The lowest BCUT2D eigenvalue weighted by Crippen LogP contribution is -2.54. The lowest BCUT2D eigenvalue weighted by atomic mass is 9.80. The minimum absolute atomic E-state index is 0. The summed E-state index contributed by atoms with van der Waals surface area (Å²) in [6.45, 7) is 5.97. The maximum atomic E-state index is 12.2. The number of nitrogens with zero attached hydrogens (tertiary/aromatic N) is 3. The van der Waals surface area contributed by atoms with Gasteiger partial charge in [-0.15, -0.1) is 12.4 Å². The van der Waals surface area contributed by atoms with Gasteiger partial charge in [-0.05, 0) is 27.8 Å². The smallest absolute Gasteiger partial charge is 0.244 e. The van der Waals surface area contributed by atoms with Crippen molar-refractivity contribution in [2.45, 2.75) is 32.9 Å². The molecule has 1 saturated heterocycles. The molecule has 2 rings (SSSR count). The summed E-state index contributed by atoms with van der Waals surface area (Å²) in [5.74, 6) is 0.102. The molecule has 1 aliphatic rings. The van der Waals surface area contributed by atoms with Gasteiger partial charge in [0.1, 0.15) is 6.54 Å². The highest BCUT2D eigenvalue weighted by Crippen LogP contribution is 2.27. The third-order valence-electron chi connectivity index (χ3n) is 3.56. The van der Waals surface area contributed by atoms with E-state index in [2.05, 4.69) is 34.9 Å². The number of hydrogen-bond acceptors (Lipinski definition) is 3. The number of carbonyl (C=O) groups excluding carboxylic acids is 1. The maximum absolute atomic E-state index is 12.2. The van der Waals surface area contributed by atoms with Gasteiger partial charge in [0.2, 0.25) is 5.91 Å². The number of nitrogens with two attached hydrogens (primary N) is 1. The van der Waals surface area contributed by atoms with Crippen LogP contribution in [0.15, 0.2) is 16.9 Å². The molecule has 1 aromatic rings. The summed E-state index contributed by atoms with van der Waals surface area (Å²) < 4.78 is 2.53. The first-order chi connectivity index (χ1) is 8.38. The predicted molar refractivity (Wildman–Crippen MR) is 80.1 cm³/mol. The Kier molecular flexibility index (Phi) is 5.41. The normalized spacial score (nSPS) is 21.9. The first kappa shape index (κ1) is 16.5. The van der Waals surface area contributed by atoms with Gasteiger partial charge in [0.25, 0.3) is 0 Å². The van der Waals surface area contributed by atoms with Crippen molar-refractivity contribution in [1.29, 1.82) is 0 Å². The summed E-state index contributed by atoms with van der Waals surface area (Å²) >= 11 is 3.32. The van der Waals surface area contributed by atoms with Crippen LogP contribution in [-0.2, 0) is 11.3 Å². The Balaban J connectivity index is 0.00000180. The molecule has 1 aliphatic heterocycles. The zero-order valence-corrected chi connectivity index (χ0v) is 13.6. The van der Waals surface area contributed by atoms with Crippen LogP contribution in [0.3, 0.4) is 0 Å². The number of carbonyl (C=O) groups is 1. The third-order valence-corrected chi connectivity index (χ3v) is 3.97. The summed E-state index contributed by atoms with van der Waals surface area (Å²) in [4.78, 5) is 14.1. The van der Waals surface area contributed by atoms with Crippen molar-refractivity contribution in [3.63, 3.8) is 0 Å². The molecule has 1 fully saturated rings. The third kappa shape index (κ3) is 3.94. The van der Waals surface area contributed by atoms with Crippen LogP contribution in [-0.4, -0.2) is 39.7 Å². The standard InChI is InChI=1S/C12H19BrN4O.ClH/c1-12(2)8-16(4-3-10(12)14)11(18)7-17-6-9(13)5-15-17;/h5-6,10H,3-4,7-8,14H2,1-2H3;1H. The van der Waals surface area contributed by atoms with Crippen molar-refractivity contribution in [2.24, 2.45) is 11.1 Å². The summed E-state index contributed by atoms with van der Waals surface area (Å²) in [6.07, 6.45) is 4.35. The average molecular weight is 352 g/mol. The van der Waals surface area contributed by atoms with E-state index in [1.165, 1.54) is 0 Å². The highest BCUT2D eigenvalue weighted by molar-refractivity contribution is 9.10. The molecule has 7 heteroatoms. The van der Waals surface area contributed by atoms with Gasteiger partial charge < -0.3 is 10.6 Å². The van der Waals surface area contributed by atoms with Crippen molar-refractivity contribution >= 4 is 34.2 Å². The second-order valence-corrected chi connectivity index (χ2v) is 6.47. The summed E-state index contributed by atoms with van der Waals surface area (Å²) in [6, 6.07) is 0.167. The van der Waals surface area contributed by atoms with Crippen LogP contribution in [0, 0.1) is 5.41 Å². The molecule has 0 radical (unpaired) electrons. The quantitative estimate of drug-likeness (QED) is 0.881. The van der Waals surface area contributed by atoms with E-state index in [-0.39, 0.29) is 36.3 Å². The summed E-state index contributed by atoms with van der Waals surface area (Å²) in [7, 11) is 0. The predicted octanol–water partition coefficient (Wildman–Crippen LogP) is 1.65. The Labute approximate surface area is 128 Å². The number of rotatable bonds is 2. The van der Waals surface area contributed by atoms with E-state index in [0.717, 1.165) is 24.0 Å². The largest absolute Gasteiger partial charge is 0.340 e. The van der Waals surface area contributed by atoms with Crippen LogP contribution in [0.5, 0.6) is 0 Å². The SMILES string of the molecule is CC1(C)CN(C(=O)Cn2cc(Br)cn2)CCC1N.Cl. The Morgan fingerprint density at radius 2 is 2.32 bits per heavy atom. The Hall–Kier alpha value is -0.590. The fourth-order valence-electron chi connectivity index (χ4n) is 2.25. The van der Waals surface area contributed by atoms with Gasteiger partial charge in [0.15, 0.2) is 0 Å². The molecule has 2 N–H and O–H groups in total. The van der Waals surface area contributed by atoms with Crippen LogP contribution in [0.2, 0.25) is 0 Å². The number of halogens is 2. The van der Waals surface area contributed by atoms with Gasteiger partial charge >= 0.3 is 0 Å². The molecule has 1 atom stereocenters. The van der Waals surface area contributed by atoms with Gasteiger partial charge in [-0.25, -0.2) is 0 Å². The zero-order chi connectivity index (χ0) is 13.3. The second kappa shape index (κ2) is 6.24. The number of hydrogen-bond donors (Lipinski definition) is 1. The van der Waals surface area contributed by atoms with E-state index in [9.17, 15) is 4.79 Å². The molecular weight excluding hydrogens is 332 g/mol. The molecule has 2 heterocycles. The molecule has 1 amide bonds. The molecule has 0 aromatic carbocycles. The molecule has 108 valence electrons. The van der Waals surface area contributed by atoms with Crippen LogP contribution in [0.1, 0.15) is 20.3 Å². The van der Waals surface area contributed by atoms with Crippen molar-refractivity contribution in [1.82, 2.24) is 14.7 Å². The lowest BCUT2D eigenvalue weighted by Gasteiger charge is -2.42. The Morgan fingerprint density at radius 1 is 1.63 bits per heavy atom. The minimum atomic E-state index is -0.0153. The molecule has 1 aromatic heterocycles. The monoisotopic (exact) mass is 350 g/mol. The van der Waals surface area contributed by atoms with Gasteiger partial charge in [0, 0.05) is 25.3 Å². The fourth-order valence-corrected chi connectivity index (χ4v) is 2.58. The lowest BCUT2D eigenvalue weighted by molar-refractivity contribution is -0.135. The van der Waals surface area contributed by atoms with Gasteiger partial charge in [-0.1, -0.05) is 13.8 Å². The van der Waals surface area contributed by atoms with E-state index in [1.807, 2.05) is 4.90 Å². The molecule has 0 bridgehead atoms. The number of amides is 1. The highest BCUT2D eigenvalue weighted by atomic mass is 79.9. The van der Waals surface area contributed by atoms with Gasteiger partial charge in [0.05, 0.1) is 10.7 Å². The van der Waals surface area contributed by atoms with E-state index < -0.39 is 0 Å². The van der Waals surface area contributed by atoms with E-state index in [0.29, 0.717) is 0 Å². The molecule has 5 nitrogen and oxygen atoms in total. The molecular formula is C12H20BrClN4O. The van der Waals surface area contributed by atoms with Crippen molar-refractivity contribution in [3.05, 3.63) is 16.9 Å². The zero-order valence-electron chi connectivity index (χ0n) is 11.2. The topological polar surface area (TPSA) is 64.2 Å². The van der Waals surface area contributed by atoms with Gasteiger partial charge in [-0.2, -0.15) is 5.10 Å². The van der Waals surface area contributed by atoms with E-state index >= 15 is 0 Å². The van der Waals surface area contributed by atoms with E-state index in [1.54, 1.807) is 17.1 Å². The highest BCUT2D eigenvalue weighted by Gasteiger charge is 2.35. The number of aromatic nitrogens is 2.